The standard InChI is InChI=1S/C15H25N3O2/c1-11(10-15(2,17-3)14(16)19)20-13-8-6-7-12(9-13)18(4)5/h6-9,11,17H,10H2,1-5H3,(H2,16,19). The summed E-state index contributed by atoms with van der Waals surface area (Å²) in [5, 5.41) is 2.96. The number of hydrogen-bond acceptors (Lipinski definition) is 4. The Bertz CT molecular complexity index is 462. The van der Waals surface area contributed by atoms with E-state index in [1.165, 1.54) is 0 Å². The predicted molar refractivity (Wildman–Crippen MR) is 82.1 cm³/mol. The number of ether oxygens (including phenoxy) is 1. The second-order valence-corrected chi connectivity index (χ2v) is 5.47. The Kier molecular flexibility index (Phi) is 5.39. The summed E-state index contributed by atoms with van der Waals surface area (Å²) in [5.41, 5.74) is 5.73. The summed E-state index contributed by atoms with van der Waals surface area (Å²) < 4.78 is 5.88. The molecular formula is C15H25N3O2. The number of benzene rings is 1. The molecule has 0 heterocycles. The molecule has 1 rings (SSSR count). The number of anilines is 1. The van der Waals surface area contributed by atoms with Crippen molar-refractivity contribution in [3.8, 4) is 5.75 Å². The first-order valence-corrected chi connectivity index (χ1v) is 6.71. The Morgan fingerprint density at radius 2 is 2.15 bits per heavy atom. The zero-order chi connectivity index (χ0) is 15.3. The molecule has 0 aromatic heterocycles. The van der Waals surface area contributed by atoms with Crippen LogP contribution in [0.15, 0.2) is 24.3 Å². The Morgan fingerprint density at radius 3 is 2.65 bits per heavy atom. The van der Waals surface area contributed by atoms with Crippen LogP contribution in [0.1, 0.15) is 20.3 Å². The lowest BCUT2D eigenvalue weighted by Crippen LogP contribution is -2.53. The van der Waals surface area contributed by atoms with Gasteiger partial charge in [-0.1, -0.05) is 6.07 Å². The zero-order valence-corrected chi connectivity index (χ0v) is 12.9. The topological polar surface area (TPSA) is 67.6 Å². The molecule has 1 aromatic carbocycles. The fraction of sp³-hybridized carbons (Fsp3) is 0.533. The van der Waals surface area contributed by atoms with Gasteiger partial charge in [0.2, 0.25) is 5.91 Å². The zero-order valence-electron chi connectivity index (χ0n) is 12.9. The molecule has 0 fully saturated rings. The van der Waals surface area contributed by atoms with E-state index in [-0.39, 0.29) is 12.0 Å². The fourth-order valence-electron chi connectivity index (χ4n) is 2.01. The first-order valence-electron chi connectivity index (χ1n) is 6.71. The number of carbonyl (C=O) groups excluding carboxylic acids is 1. The van der Waals surface area contributed by atoms with E-state index < -0.39 is 5.54 Å². The lowest BCUT2D eigenvalue weighted by molar-refractivity contribution is -0.124. The highest BCUT2D eigenvalue weighted by Gasteiger charge is 2.31. The maximum Gasteiger partial charge on any atom is 0.237 e. The molecule has 112 valence electrons. The summed E-state index contributed by atoms with van der Waals surface area (Å²) in [5.74, 6) is 0.407. The molecular weight excluding hydrogens is 254 g/mol. The molecule has 0 bridgehead atoms. The third-order valence-electron chi connectivity index (χ3n) is 3.46. The molecule has 5 nitrogen and oxygen atoms in total. The molecule has 2 unspecified atom stereocenters. The largest absolute Gasteiger partial charge is 0.491 e. The number of carbonyl (C=O) groups is 1. The molecule has 3 N–H and O–H groups in total. The molecule has 0 saturated carbocycles. The number of likely N-dealkylation sites (N-methyl/N-ethyl adjacent to an activating group) is 1. The van der Waals surface area contributed by atoms with E-state index >= 15 is 0 Å². The fourth-order valence-corrected chi connectivity index (χ4v) is 2.01. The smallest absolute Gasteiger partial charge is 0.237 e. The van der Waals surface area contributed by atoms with Crippen molar-refractivity contribution in [3.63, 3.8) is 0 Å². The van der Waals surface area contributed by atoms with E-state index in [0.29, 0.717) is 6.42 Å². The maximum absolute atomic E-state index is 11.5. The van der Waals surface area contributed by atoms with Crippen molar-refractivity contribution in [3.05, 3.63) is 24.3 Å². The number of nitrogens with zero attached hydrogens (tertiary/aromatic N) is 1. The van der Waals surface area contributed by atoms with Crippen molar-refractivity contribution in [1.29, 1.82) is 0 Å². The number of nitrogens with one attached hydrogen (secondary N) is 1. The normalized spacial score (nSPS) is 15.2. The lowest BCUT2D eigenvalue weighted by atomic mass is 9.94. The van der Waals surface area contributed by atoms with Crippen LogP contribution < -0.4 is 20.7 Å². The molecule has 2 atom stereocenters. The highest BCUT2D eigenvalue weighted by Crippen LogP contribution is 2.22. The van der Waals surface area contributed by atoms with Gasteiger partial charge in [-0.05, 0) is 33.0 Å². The summed E-state index contributed by atoms with van der Waals surface area (Å²) in [6, 6.07) is 7.84. The Hall–Kier alpha value is -1.75. The quantitative estimate of drug-likeness (QED) is 0.791. The average Bonchev–Trinajstić information content (AvgIpc) is 2.38. The number of hydrogen-bond donors (Lipinski definition) is 2. The molecule has 1 aromatic rings. The van der Waals surface area contributed by atoms with Gasteiger partial charge in [-0.25, -0.2) is 0 Å². The van der Waals surface area contributed by atoms with Gasteiger partial charge >= 0.3 is 0 Å². The summed E-state index contributed by atoms with van der Waals surface area (Å²) >= 11 is 0. The Labute approximate surface area is 121 Å². The number of amides is 1. The Morgan fingerprint density at radius 1 is 1.50 bits per heavy atom. The van der Waals surface area contributed by atoms with Crippen LogP contribution in [0.5, 0.6) is 5.75 Å². The van der Waals surface area contributed by atoms with Crippen molar-refractivity contribution in [2.45, 2.75) is 31.9 Å². The van der Waals surface area contributed by atoms with Crippen LogP contribution in [0, 0.1) is 0 Å². The molecule has 20 heavy (non-hydrogen) atoms. The van der Waals surface area contributed by atoms with Crippen LogP contribution in [-0.2, 0) is 4.79 Å². The van der Waals surface area contributed by atoms with Gasteiger partial charge in [-0.3, -0.25) is 4.79 Å². The van der Waals surface area contributed by atoms with Crippen molar-refractivity contribution in [2.24, 2.45) is 5.73 Å². The van der Waals surface area contributed by atoms with E-state index in [4.69, 9.17) is 10.5 Å². The third-order valence-corrected chi connectivity index (χ3v) is 3.46. The molecule has 0 saturated heterocycles. The second-order valence-electron chi connectivity index (χ2n) is 5.47. The molecule has 0 radical (unpaired) electrons. The van der Waals surface area contributed by atoms with Gasteiger partial charge in [0.1, 0.15) is 5.75 Å². The maximum atomic E-state index is 11.5. The number of rotatable bonds is 7. The Balaban J connectivity index is 2.73. The molecule has 1 amide bonds. The minimum atomic E-state index is -0.765. The molecule has 0 aliphatic rings. The third kappa shape index (κ3) is 4.13. The van der Waals surface area contributed by atoms with Crippen molar-refractivity contribution in [1.82, 2.24) is 5.32 Å². The summed E-state index contributed by atoms with van der Waals surface area (Å²) in [4.78, 5) is 13.5. The van der Waals surface area contributed by atoms with Gasteiger partial charge in [0, 0.05) is 32.3 Å². The van der Waals surface area contributed by atoms with Gasteiger partial charge < -0.3 is 20.7 Å². The first kappa shape index (κ1) is 16.3. The minimum Gasteiger partial charge on any atom is -0.491 e. The monoisotopic (exact) mass is 279 g/mol. The van der Waals surface area contributed by atoms with Crippen LogP contribution >= 0.6 is 0 Å². The average molecular weight is 279 g/mol. The first-order chi connectivity index (χ1) is 9.28. The molecule has 0 spiro atoms. The highest BCUT2D eigenvalue weighted by atomic mass is 16.5. The van der Waals surface area contributed by atoms with Gasteiger partial charge in [0.15, 0.2) is 0 Å². The van der Waals surface area contributed by atoms with E-state index in [9.17, 15) is 4.79 Å². The van der Waals surface area contributed by atoms with Crippen molar-refractivity contribution in [2.75, 3.05) is 26.0 Å². The van der Waals surface area contributed by atoms with E-state index in [1.807, 2.05) is 50.2 Å². The summed E-state index contributed by atoms with van der Waals surface area (Å²) in [6.07, 6.45) is 0.378. The lowest BCUT2D eigenvalue weighted by Gasteiger charge is -2.29. The number of nitrogens with two attached hydrogens (primary N) is 1. The molecule has 5 heteroatoms. The van der Waals surface area contributed by atoms with Crippen LogP contribution in [0.4, 0.5) is 5.69 Å². The predicted octanol–water partition coefficient (Wildman–Crippen LogP) is 1.37. The summed E-state index contributed by atoms with van der Waals surface area (Å²) in [6.45, 7) is 3.71. The minimum absolute atomic E-state index is 0.127. The van der Waals surface area contributed by atoms with Gasteiger partial charge in [0.25, 0.3) is 0 Å². The van der Waals surface area contributed by atoms with Crippen LogP contribution in [0.3, 0.4) is 0 Å². The van der Waals surface area contributed by atoms with Gasteiger partial charge in [0.05, 0.1) is 11.6 Å². The van der Waals surface area contributed by atoms with Crippen LogP contribution in [0.2, 0.25) is 0 Å². The summed E-state index contributed by atoms with van der Waals surface area (Å²) in [7, 11) is 5.69. The SMILES string of the molecule is CNC(C)(CC(C)Oc1cccc(N(C)C)c1)C(N)=O. The number of primary amides is 1. The van der Waals surface area contributed by atoms with Crippen molar-refractivity contribution < 1.29 is 9.53 Å². The highest BCUT2D eigenvalue weighted by molar-refractivity contribution is 5.84. The van der Waals surface area contributed by atoms with Crippen molar-refractivity contribution >= 4 is 11.6 Å². The second kappa shape index (κ2) is 6.61. The molecule has 0 aliphatic heterocycles. The van der Waals surface area contributed by atoms with Crippen LogP contribution in [-0.4, -0.2) is 38.7 Å². The molecule has 0 aliphatic carbocycles. The van der Waals surface area contributed by atoms with E-state index in [0.717, 1.165) is 11.4 Å². The van der Waals surface area contributed by atoms with Gasteiger partial charge in [-0.2, -0.15) is 0 Å². The van der Waals surface area contributed by atoms with Gasteiger partial charge in [-0.15, -0.1) is 0 Å². The van der Waals surface area contributed by atoms with E-state index in [2.05, 4.69) is 5.32 Å². The van der Waals surface area contributed by atoms with E-state index in [1.54, 1.807) is 14.0 Å². The van der Waals surface area contributed by atoms with Crippen LogP contribution in [0.25, 0.3) is 0 Å².